The third-order valence-corrected chi connectivity index (χ3v) is 6.29. The average molecular weight is 469 g/mol. The molecular weight excluding hydrogens is 432 g/mol. The highest BCUT2D eigenvalue weighted by Crippen LogP contribution is 2.21. The van der Waals surface area contributed by atoms with E-state index in [0.29, 0.717) is 32.7 Å². The topological polar surface area (TPSA) is 71.5 Å². The minimum Gasteiger partial charge on any atom is -0.494 e. The van der Waals surface area contributed by atoms with Crippen LogP contribution >= 0.6 is 0 Å². The Morgan fingerprint density at radius 1 is 1.09 bits per heavy atom. The molecule has 0 saturated carbocycles. The fraction of sp³-hybridized carbons (Fsp3) is 0.519. The summed E-state index contributed by atoms with van der Waals surface area (Å²) in [5.74, 6) is 1.83. The van der Waals surface area contributed by atoms with Crippen molar-refractivity contribution in [2.24, 2.45) is 0 Å². The van der Waals surface area contributed by atoms with Gasteiger partial charge in [-0.15, -0.1) is 0 Å². The van der Waals surface area contributed by atoms with Crippen LogP contribution in [0, 0.1) is 6.92 Å². The van der Waals surface area contributed by atoms with E-state index in [-0.39, 0.29) is 19.1 Å². The molecule has 7 nitrogen and oxygen atoms in total. The molecule has 0 radical (unpaired) electrons. The minimum atomic E-state index is -1.08. The molecule has 2 heterocycles. The molecule has 2 aliphatic heterocycles. The Balaban J connectivity index is 1.27. The summed E-state index contributed by atoms with van der Waals surface area (Å²) in [6.07, 6.45) is 2.47. The lowest BCUT2D eigenvalue weighted by atomic mass is 10.1. The number of ether oxygens (including phenoxy) is 3. The highest BCUT2D eigenvalue weighted by Gasteiger charge is 2.33. The van der Waals surface area contributed by atoms with E-state index in [1.165, 1.54) is 5.56 Å². The Morgan fingerprint density at radius 2 is 1.94 bits per heavy atom. The fourth-order valence-corrected chi connectivity index (χ4v) is 4.45. The second kappa shape index (κ2) is 11.7. The van der Waals surface area contributed by atoms with E-state index >= 15 is 0 Å². The number of amides is 1. The molecule has 2 fully saturated rings. The van der Waals surface area contributed by atoms with Gasteiger partial charge in [-0.05, 0) is 49.6 Å². The van der Waals surface area contributed by atoms with Crippen LogP contribution in [0.5, 0.6) is 11.5 Å². The minimum absolute atomic E-state index is 0.176. The molecule has 34 heavy (non-hydrogen) atoms. The number of benzene rings is 2. The normalized spacial score (nSPS) is 21.5. The van der Waals surface area contributed by atoms with Gasteiger partial charge in [0.05, 0.1) is 19.8 Å². The monoisotopic (exact) mass is 468 g/mol. The molecule has 1 amide bonds. The van der Waals surface area contributed by atoms with Crippen LogP contribution in [0.25, 0.3) is 0 Å². The Labute approximate surface area is 202 Å². The maximum atomic E-state index is 11.7. The van der Waals surface area contributed by atoms with Gasteiger partial charge in [-0.25, -0.2) is 0 Å². The van der Waals surface area contributed by atoms with Gasteiger partial charge in [0.15, 0.2) is 0 Å². The van der Waals surface area contributed by atoms with Crippen molar-refractivity contribution in [2.75, 3.05) is 52.6 Å². The molecule has 2 aromatic carbocycles. The second-order valence-electron chi connectivity index (χ2n) is 9.42. The van der Waals surface area contributed by atoms with Gasteiger partial charge in [-0.3, -0.25) is 9.69 Å². The van der Waals surface area contributed by atoms with E-state index in [2.05, 4.69) is 17.0 Å². The van der Waals surface area contributed by atoms with E-state index in [1.54, 1.807) is 0 Å². The molecular formula is C27H36N2O5. The van der Waals surface area contributed by atoms with Crippen molar-refractivity contribution in [3.8, 4) is 11.5 Å². The number of likely N-dealkylation sites (tertiary alicyclic amines) is 1. The fourth-order valence-electron chi connectivity index (χ4n) is 4.45. The number of rotatable bonds is 10. The molecule has 0 aromatic heterocycles. The maximum absolute atomic E-state index is 11.7. The highest BCUT2D eigenvalue weighted by atomic mass is 16.5. The summed E-state index contributed by atoms with van der Waals surface area (Å²) >= 11 is 0. The summed E-state index contributed by atoms with van der Waals surface area (Å²) in [6.45, 7) is 7.13. The summed E-state index contributed by atoms with van der Waals surface area (Å²) in [7, 11) is 0. The van der Waals surface area contributed by atoms with Crippen molar-refractivity contribution < 1.29 is 24.1 Å². The van der Waals surface area contributed by atoms with Crippen molar-refractivity contribution in [1.82, 2.24) is 9.80 Å². The van der Waals surface area contributed by atoms with Gasteiger partial charge < -0.3 is 24.2 Å². The van der Waals surface area contributed by atoms with Gasteiger partial charge in [-0.1, -0.05) is 29.8 Å². The molecule has 7 heteroatoms. The number of carbonyl (C=O) groups is 1. The van der Waals surface area contributed by atoms with Gasteiger partial charge in [0, 0.05) is 39.1 Å². The van der Waals surface area contributed by atoms with Crippen molar-refractivity contribution in [1.29, 1.82) is 0 Å². The third-order valence-electron chi connectivity index (χ3n) is 6.29. The molecule has 1 N–H and O–H groups in total. The number of aliphatic hydroxyl groups is 1. The molecule has 2 saturated heterocycles. The molecule has 4 rings (SSSR count). The van der Waals surface area contributed by atoms with Gasteiger partial charge in [0.2, 0.25) is 5.91 Å². The molecule has 184 valence electrons. The van der Waals surface area contributed by atoms with Crippen LogP contribution in [0.15, 0.2) is 48.5 Å². The number of hydrogen-bond donors (Lipinski definition) is 1. The molecule has 0 unspecified atom stereocenters. The number of β-amino-alcohol motifs (C(OH)–C–C–N with tert-alkyl or cyclic N) is 1. The molecule has 0 spiro atoms. The Kier molecular flexibility index (Phi) is 8.43. The van der Waals surface area contributed by atoms with Gasteiger partial charge in [0.25, 0.3) is 0 Å². The summed E-state index contributed by atoms with van der Waals surface area (Å²) in [4.78, 5) is 15.8. The zero-order chi connectivity index (χ0) is 23.8. The van der Waals surface area contributed by atoms with Crippen LogP contribution in [0.2, 0.25) is 0 Å². The quantitative estimate of drug-likeness (QED) is 0.541. The largest absolute Gasteiger partial charge is 0.494 e. The van der Waals surface area contributed by atoms with Crippen LogP contribution in [0.3, 0.4) is 0 Å². The van der Waals surface area contributed by atoms with E-state index in [0.717, 1.165) is 49.5 Å². The Morgan fingerprint density at radius 3 is 2.74 bits per heavy atom. The highest BCUT2D eigenvalue weighted by molar-refractivity contribution is 5.77. The van der Waals surface area contributed by atoms with E-state index in [9.17, 15) is 9.90 Å². The van der Waals surface area contributed by atoms with Gasteiger partial charge in [-0.2, -0.15) is 0 Å². The molecule has 0 bridgehead atoms. The van der Waals surface area contributed by atoms with Crippen LogP contribution in [0.1, 0.15) is 30.4 Å². The number of hydrogen-bond acceptors (Lipinski definition) is 6. The number of nitrogens with zero attached hydrogens (tertiary/aromatic N) is 2. The predicted molar refractivity (Wildman–Crippen MR) is 130 cm³/mol. The van der Waals surface area contributed by atoms with E-state index in [4.69, 9.17) is 14.2 Å². The number of carbonyl (C=O) groups excluding carboxylic acids is 1. The van der Waals surface area contributed by atoms with Crippen LogP contribution in [0.4, 0.5) is 0 Å². The molecule has 1 atom stereocenters. The van der Waals surface area contributed by atoms with Crippen molar-refractivity contribution >= 4 is 5.91 Å². The Hall–Kier alpha value is -2.61. The summed E-state index contributed by atoms with van der Waals surface area (Å²) in [5, 5.41) is 11.2. The first-order valence-corrected chi connectivity index (χ1v) is 12.2. The smallest absolute Gasteiger partial charge is 0.222 e. The molecule has 2 aromatic rings. The summed E-state index contributed by atoms with van der Waals surface area (Å²) in [5.41, 5.74) is 1.21. The lowest BCUT2D eigenvalue weighted by molar-refractivity contribution is -0.127. The third kappa shape index (κ3) is 7.19. The van der Waals surface area contributed by atoms with Crippen molar-refractivity contribution in [3.05, 3.63) is 59.7 Å². The van der Waals surface area contributed by atoms with Crippen LogP contribution in [-0.2, 0) is 16.1 Å². The average Bonchev–Trinajstić information content (AvgIpc) is 3.14. The van der Waals surface area contributed by atoms with Crippen molar-refractivity contribution in [2.45, 2.75) is 38.3 Å². The van der Waals surface area contributed by atoms with Gasteiger partial charge in [0.1, 0.15) is 23.7 Å². The first-order valence-electron chi connectivity index (χ1n) is 12.2. The van der Waals surface area contributed by atoms with Crippen LogP contribution in [-0.4, -0.2) is 79.0 Å². The second-order valence-corrected chi connectivity index (χ2v) is 9.42. The number of aryl methyl sites for hydroxylation is 1. The predicted octanol–water partition coefficient (Wildman–Crippen LogP) is 3.03. The molecule has 2 aliphatic rings. The molecule has 0 aliphatic carbocycles. The van der Waals surface area contributed by atoms with Crippen LogP contribution < -0.4 is 9.47 Å². The Bertz CT molecular complexity index is 935. The van der Waals surface area contributed by atoms with Gasteiger partial charge >= 0.3 is 0 Å². The lowest BCUT2D eigenvalue weighted by Gasteiger charge is -2.30. The summed E-state index contributed by atoms with van der Waals surface area (Å²) in [6, 6.07) is 15.9. The summed E-state index contributed by atoms with van der Waals surface area (Å²) < 4.78 is 17.5. The lowest BCUT2D eigenvalue weighted by Crippen LogP contribution is -2.48. The zero-order valence-electron chi connectivity index (χ0n) is 20.1. The standard InChI is InChI=1S/C27H36N2O5/c1-22-8-10-24(11-9-22)34-21-27(31)19-28(14-16-32-20-27)18-23-5-2-6-25(17-23)33-15-4-13-29-12-3-7-26(29)30/h2,5-6,8-11,17,31H,3-4,7,12-16,18-21H2,1H3/t27-/m0/s1. The maximum Gasteiger partial charge on any atom is 0.222 e. The van der Waals surface area contributed by atoms with E-state index < -0.39 is 5.60 Å². The van der Waals surface area contributed by atoms with E-state index in [1.807, 2.05) is 48.2 Å². The first kappa shape index (κ1) is 24.5. The SMILES string of the molecule is Cc1ccc(OC[C@@]2(O)COCCN(Cc3cccc(OCCCN4CCCC4=O)c3)C2)cc1. The first-order chi connectivity index (χ1) is 16.5. The van der Waals surface area contributed by atoms with Crippen molar-refractivity contribution in [3.63, 3.8) is 0 Å². The zero-order valence-corrected chi connectivity index (χ0v) is 20.1.